The predicted molar refractivity (Wildman–Crippen MR) is 62.9 cm³/mol. The molecule has 1 rings (SSSR count). The van der Waals surface area contributed by atoms with Gasteiger partial charge in [0.15, 0.2) is 0 Å². The topological polar surface area (TPSA) is 63.8 Å². The molecule has 0 saturated carbocycles. The van der Waals surface area contributed by atoms with E-state index >= 15 is 0 Å². The minimum absolute atomic E-state index is 0.707. The van der Waals surface area contributed by atoms with Crippen LogP contribution in [-0.2, 0) is 6.42 Å². The van der Waals surface area contributed by atoms with Crippen LogP contribution in [0.4, 0.5) is 5.82 Å². The molecule has 0 fully saturated rings. The maximum Gasteiger partial charge on any atom is 0.130 e. The average Bonchev–Trinajstić information content (AvgIpc) is 2.18. The van der Waals surface area contributed by atoms with Gasteiger partial charge < -0.3 is 11.1 Å². The maximum absolute atomic E-state index is 5.43. The molecule has 4 heteroatoms. The second-order valence-corrected chi connectivity index (χ2v) is 3.63. The maximum atomic E-state index is 5.43. The Bertz CT molecular complexity index is 299. The first-order valence-corrected chi connectivity index (χ1v) is 5.54. The van der Waals surface area contributed by atoms with E-state index in [1.165, 1.54) is 0 Å². The SMILES string of the molecule is CCCc1nc(C)cc(NCCCN)n1. The molecule has 1 heterocycles. The fourth-order valence-corrected chi connectivity index (χ4v) is 1.37. The van der Waals surface area contributed by atoms with Crippen molar-refractivity contribution in [3.8, 4) is 0 Å². The van der Waals surface area contributed by atoms with Gasteiger partial charge in [-0.2, -0.15) is 0 Å². The lowest BCUT2D eigenvalue weighted by molar-refractivity contribution is 0.818. The van der Waals surface area contributed by atoms with Crippen LogP contribution in [0, 0.1) is 6.92 Å². The van der Waals surface area contributed by atoms with Crippen molar-refractivity contribution in [1.82, 2.24) is 9.97 Å². The minimum atomic E-state index is 0.707. The predicted octanol–water partition coefficient (Wildman–Crippen LogP) is 1.50. The van der Waals surface area contributed by atoms with Crippen molar-refractivity contribution in [3.63, 3.8) is 0 Å². The Kier molecular flexibility index (Phi) is 5.04. The zero-order valence-electron chi connectivity index (χ0n) is 9.58. The molecule has 0 amide bonds. The molecule has 0 atom stereocenters. The number of aryl methyl sites for hydroxylation is 2. The molecule has 1 aromatic heterocycles. The third kappa shape index (κ3) is 4.25. The zero-order valence-corrected chi connectivity index (χ0v) is 9.58. The summed E-state index contributed by atoms with van der Waals surface area (Å²) < 4.78 is 0. The van der Waals surface area contributed by atoms with Crippen molar-refractivity contribution < 1.29 is 0 Å². The Hall–Kier alpha value is -1.16. The average molecular weight is 208 g/mol. The van der Waals surface area contributed by atoms with Gasteiger partial charge in [0.25, 0.3) is 0 Å². The number of nitrogens with zero attached hydrogens (tertiary/aromatic N) is 2. The first-order chi connectivity index (χ1) is 7.26. The monoisotopic (exact) mass is 208 g/mol. The third-order valence-corrected chi connectivity index (χ3v) is 2.06. The van der Waals surface area contributed by atoms with Gasteiger partial charge in [0.1, 0.15) is 11.6 Å². The second-order valence-electron chi connectivity index (χ2n) is 3.63. The van der Waals surface area contributed by atoms with E-state index in [2.05, 4.69) is 22.2 Å². The molecule has 0 aromatic carbocycles. The molecule has 0 bridgehead atoms. The van der Waals surface area contributed by atoms with Gasteiger partial charge in [0.05, 0.1) is 0 Å². The fraction of sp³-hybridized carbons (Fsp3) is 0.636. The molecule has 0 saturated heterocycles. The molecule has 0 aliphatic rings. The van der Waals surface area contributed by atoms with Crippen molar-refractivity contribution in [2.24, 2.45) is 5.73 Å². The molecular formula is C11H20N4. The molecule has 4 nitrogen and oxygen atoms in total. The van der Waals surface area contributed by atoms with Gasteiger partial charge in [0, 0.05) is 24.7 Å². The van der Waals surface area contributed by atoms with Crippen LogP contribution in [-0.4, -0.2) is 23.1 Å². The molecule has 3 N–H and O–H groups in total. The zero-order chi connectivity index (χ0) is 11.1. The molecule has 0 aliphatic carbocycles. The first kappa shape index (κ1) is 11.9. The highest BCUT2D eigenvalue weighted by Crippen LogP contribution is 2.07. The highest BCUT2D eigenvalue weighted by molar-refractivity contribution is 5.35. The van der Waals surface area contributed by atoms with Gasteiger partial charge in [-0.15, -0.1) is 0 Å². The molecule has 15 heavy (non-hydrogen) atoms. The van der Waals surface area contributed by atoms with Crippen LogP contribution in [0.1, 0.15) is 31.3 Å². The standard InChI is InChI=1S/C11H20N4/c1-3-5-10-14-9(2)8-11(15-10)13-7-4-6-12/h8H,3-7,12H2,1-2H3,(H,13,14,15). The molecular weight excluding hydrogens is 188 g/mol. The van der Waals surface area contributed by atoms with Gasteiger partial charge in [-0.3, -0.25) is 0 Å². The van der Waals surface area contributed by atoms with Crippen LogP contribution < -0.4 is 11.1 Å². The second kappa shape index (κ2) is 6.35. The third-order valence-electron chi connectivity index (χ3n) is 2.06. The van der Waals surface area contributed by atoms with Gasteiger partial charge >= 0.3 is 0 Å². The van der Waals surface area contributed by atoms with Gasteiger partial charge in [0.2, 0.25) is 0 Å². The number of nitrogens with two attached hydrogens (primary N) is 1. The molecule has 1 aromatic rings. The summed E-state index contributed by atoms with van der Waals surface area (Å²) in [6, 6.07) is 1.97. The van der Waals surface area contributed by atoms with E-state index in [0.29, 0.717) is 6.54 Å². The van der Waals surface area contributed by atoms with E-state index in [-0.39, 0.29) is 0 Å². The van der Waals surface area contributed by atoms with Crippen molar-refractivity contribution in [2.75, 3.05) is 18.4 Å². The van der Waals surface area contributed by atoms with E-state index < -0.39 is 0 Å². The number of hydrogen-bond donors (Lipinski definition) is 2. The summed E-state index contributed by atoms with van der Waals surface area (Å²) in [6.45, 7) is 5.71. The van der Waals surface area contributed by atoms with Crippen LogP contribution in [0.15, 0.2) is 6.07 Å². The summed E-state index contributed by atoms with van der Waals surface area (Å²) in [4.78, 5) is 8.81. The van der Waals surface area contributed by atoms with E-state index in [0.717, 1.165) is 43.1 Å². The van der Waals surface area contributed by atoms with Crippen molar-refractivity contribution >= 4 is 5.82 Å². The lowest BCUT2D eigenvalue weighted by Gasteiger charge is -2.07. The number of nitrogens with one attached hydrogen (secondary N) is 1. The van der Waals surface area contributed by atoms with E-state index in [1.807, 2.05) is 13.0 Å². The van der Waals surface area contributed by atoms with E-state index in [4.69, 9.17) is 5.73 Å². The molecule has 0 unspecified atom stereocenters. The Labute approximate surface area is 91.3 Å². The normalized spacial score (nSPS) is 10.3. The molecule has 0 radical (unpaired) electrons. The van der Waals surface area contributed by atoms with Crippen LogP contribution in [0.25, 0.3) is 0 Å². The lowest BCUT2D eigenvalue weighted by Crippen LogP contribution is -2.10. The Morgan fingerprint density at radius 1 is 1.40 bits per heavy atom. The smallest absolute Gasteiger partial charge is 0.130 e. The highest BCUT2D eigenvalue weighted by Gasteiger charge is 2.00. The van der Waals surface area contributed by atoms with Gasteiger partial charge in [-0.05, 0) is 26.3 Å². The summed E-state index contributed by atoms with van der Waals surface area (Å²) >= 11 is 0. The van der Waals surface area contributed by atoms with Gasteiger partial charge in [-0.25, -0.2) is 9.97 Å². The lowest BCUT2D eigenvalue weighted by atomic mass is 10.3. The summed E-state index contributed by atoms with van der Waals surface area (Å²) in [5, 5.41) is 3.25. The van der Waals surface area contributed by atoms with Crippen LogP contribution >= 0.6 is 0 Å². The largest absolute Gasteiger partial charge is 0.370 e. The molecule has 84 valence electrons. The summed E-state index contributed by atoms with van der Waals surface area (Å²) in [5.41, 5.74) is 6.44. The number of anilines is 1. The van der Waals surface area contributed by atoms with E-state index in [1.54, 1.807) is 0 Å². The minimum Gasteiger partial charge on any atom is -0.370 e. The summed E-state index contributed by atoms with van der Waals surface area (Å²) in [5.74, 6) is 1.84. The van der Waals surface area contributed by atoms with Crippen LogP contribution in [0.2, 0.25) is 0 Å². The van der Waals surface area contributed by atoms with Crippen molar-refractivity contribution in [3.05, 3.63) is 17.6 Å². The van der Waals surface area contributed by atoms with E-state index in [9.17, 15) is 0 Å². The Morgan fingerprint density at radius 3 is 2.87 bits per heavy atom. The first-order valence-electron chi connectivity index (χ1n) is 5.54. The molecule has 0 spiro atoms. The van der Waals surface area contributed by atoms with Crippen molar-refractivity contribution in [1.29, 1.82) is 0 Å². The highest BCUT2D eigenvalue weighted by atomic mass is 15.0. The van der Waals surface area contributed by atoms with Crippen molar-refractivity contribution in [2.45, 2.75) is 33.1 Å². The summed E-state index contributed by atoms with van der Waals surface area (Å²) in [6.07, 6.45) is 2.98. The fourth-order valence-electron chi connectivity index (χ4n) is 1.37. The number of aromatic nitrogens is 2. The van der Waals surface area contributed by atoms with Gasteiger partial charge in [-0.1, -0.05) is 6.92 Å². The molecule has 0 aliphatic heterocycles. The van der Waals surface area contributed by atoms with Crippen LogP contribution in [0.3, 0.4) is 0 Å². The number of hydrogen-bond acceptors (Lipinski definition) is 4. The number of rotatable bonds is 6. The van der Waals surface area contributed by atoms with Crippen LogP contribution in [0.5, 0.6) is 0 Å². The Balaban J connectivity index is 2.62. The Morgan fingerprint density at radius 2 is 2.20 bits per heavy atom. The summed E-state index contributed by atoms with van der Waals surface area (Å²) in [7, 11) is 0. The quantitative estimate of drug-likeness (QED) is 0.695.